The van der Waals surface area contributed by atoms with Crippen molar-refractivity contribution in [2.24, 2.45) is 0 Å². The molecule has 132 valence electrons. The molecule has 0 atom stereocenters. The summed E-state index contributed by atoms with van der Waals surface area (Å²) >= 11 is 11.9. The molecule has 0 fully saturated rings. The summed E-state index contributed by atoms with van der Waals surface area (Å²) in [4.78, 5) is 24.2. The molecular formula is C19H15Cl2N3O2. The molecular weight excluding hydrogens is 373 g/mol. The van der Waals surface area contributed by atoms with Gasteiger partial charge in [0.2, 0.25) is 0 Å². The average Bonchev–Trinajstić information content (AvgIpc) is 2.66. The van der Waals surface area contributed by atoms with Gasteiger partial charge in [-0.3, -0.25) is 9.59 Å². The van der Waals surface area contributed by atoms with Crippen LogP contribution in [0, 0.1) is 0 Å². The van der Waals surface area contributed by atoms with E-state index in [1.807, 2.05) is 30.3 Å². The first-order valence-corrected chi connectivity index (χ1v) is 8.67. The molecule has 0 aliphatic heterocycles. The highest BCUT2D eigenvalue weighted by Gasteiger charge is 2.11. The van der Waals surface area contributed by atoms with Crippen molar-refractivity contribution < 1.29 is 4.79 Å². The summed E-state index contributed by atoms with van der Waals surface area (Å²) in [6.45, 7) is 0.469. The van der Waals surface area contributed by atoms with Gasteiger partial charge in [0.25, 0.3) is 11.5 Å². The van der Waals surface area contributed by atoms with E-state index in [2.05, 4.69) is 10.4 Å². The maximum atomic E-state index is 12.2. The number of nitrogens with one attached hydrogen (secondary N) is 1. The average molecular weight is 388 g/mol. The molecule has 26 heavy (non-hydrogen) atoms. The summed E-state index contributed by atoms with van der Waals surface area (Å²) in [6, 6.07) is 17.4. The van der Waals surface area contributed by atoms with Gasteiger partial charge in [-0.25, -0.2) is 4.68 Å². The molecule has 0 aliphatic rings. The predicted octanol–water partition coefficient (Wildman–Crippen LogP) is 3.65. The summed E-state index contributed by atoms with van der Waals surface area (Å²) < 4.78 is 1.32. The lowest BCUT2D eigenvalue weighted by molar-refractivity contribution is 0.0952. The van der Waals surface area contributed by atoms with Crippen LogP contribution in [-0.2, 0) is 6.54 Å². The Morgan fingerprint density at radius 2 is 1.81 bits per heavy atom. The molecule has 0 unspecified atom stereocenters. The van der Waals surface area contributed by atoms with Crippen molar-refractivity contribution in [1.29, 1.82) is 0 Å². The van der Waals surface area contributed by atoms with E-state index in [1.165, 1.54) is 16.8 Å². The Balaban J connectivity index is 1.69. The van der Waals surface area contributed by atoms with Gasteiger partial charge in [0.15, 0.2) is 0 Å². The minimum Gasteiger partial charge on any atom is -0.350 e. The Labute approximate surface area is 160 Å². The standard InChI is InChI=1S/C19H15Cl2N3O2/c20-14-6-7-16(21)15(12-14)19(26)22-10-11-24-18(25)9-8-17(23-24)13-4-2-1-3-5-13/h1-9,12H,10-11H2,(H,22,26). The van der Waals surface area contributed by atoms with Crippen molar-refractivity contribution in [2.75, 3.05) is 6.54 Å². The number of amides is 1. The quantitative estimate of drug-likeness (QED) is 0.726. The molecule has 5 nitrogen and oxygen atoms in total. The first kappa shape index (κ1) is 18.2. The van der Waals surface area contributed by atoms with Gasteiger partial charge in [-0.1, -0.05) is 53.5 Å². The highest BCUT2D eigenvalue weighted by atomic mass is 35.5. The number of aromatic nitrogens is 2. The summed E-state index contributed by atoms with van der Waals surface area (Å²) in [7, 11) is 0. The van der Waals surface area contributed by atoms with Gasteiger partial charge in [-0.15, -0.1) is 0 Å². The maximum absolute atomic E-state index is 12.2. The molecule has 3 rings (SSSR count). The molecule has 0 spiro atoms. The van der Waals surface area contributed by atoms with Crippen molar-refractivity contribution in [1.82, 2.24) is 15.1 Å². The van der Waals surface area contributed by atoms with Crippen LogP contribution in [0.1, 0.15) is 10.4 Å². The lowest BCUT2D eigenvalue weighted by Gasteiger charge is -2.09. The third-order valence-corrected chi connectivity index (χ3v) is 4.28. The zero-order chi connectivity index (χ0) is 18.5. The number of hydrogen-bond acceptors (Lipinski definition) is 3. The fourth-order valence-electron chi connectivity index (χ4n) is 2.41. The fourth-order valence-corrected chi connectivity index (χ4v) is 2.79. The first-order valence-electron chi connectivity index (χ1n) is 7.91. The van der Waals surface area contributed by atoms with E-state index < -0.39 is 0 Å². The zero-order valence-electron chi connectivity index (χ0n) is 13.7. The van der Waals surface area contributed by atoms with Gasteiger partial charge >= 0.3 is 0 Å². The Hall–Kier alpha value is -2.63. The summed E-state index contributed by atoms with van der Waals surface area (Å²) in [5.74, 6) is -0.357. The maximum Gasteiger partial charge on any atom is 0.266 e. The first-order chi connectivity index (χ1) is 12.5. The van der Waals surface area contributed by atoms with Crippen LogP contribution >= 0.6 is 23.2 Å². The van der Waals surface area contributed by atoms with E-state index in [1.54, 1.807) is 18.2 Å². The molecule has 1 aromatic heterocycles. The van der Waals surface area contributed by atoms with Crippen LogP contribution in [0.3, 0.4) is 0 Å². The van der Waals surface area contributed by atoms with E-state index in [9.17, 15) is 9.59 Å². The van der Waals surface area contributed by atoms with Crippen molar-refractivity contribution in [3.63, 3.8) is 0 Å². The molecule has 7 heteroatoms. The van der Waals surface area contributed by atoms with E-state index in [0.717, 1.165) is 5.56 Å². The Kier molecular flexibility index (Phi) is 5.71. The zero-order valence-corrected chi connectivity index (χ0v) is 15.2. The number of benzene rings is 2. The number of rotatable bonds is 5. The number of carbonyl (C=O) groups excluding carboxylic acids is 1. The van der Waals surface area contributed by atoms with Crippen LogP contribution in [0.15, 0.2) is 65.5 Å². The van der Waals surface area contributed by atoms with Crippen LogP contribution in [0.2, 0.25) is 10.0 Å². The predicted molar refractivity (Wildman–Crippen MR) is 103 cm³/mol. The number of halogens is 2. The molecule has 3 aromatic rings. The lowest BCUT2D eigenvalue weighted by Crippen LogP contribution is -2.32. The molecule has 2 aromatic carbocycles. The number of nitrogens with zero attached hydrogens (tertiary/aromatic N) is 2. The highest BCUT2D eigenvalue weighted by Crippen LogP contribution is 2.20. The van der Waals surface area contributed by atoms with Gasteiger partial charge < -0.3 is 5.32 Å². The Morgan fingerprint density at radius 3 is 2.58 bits per heavy atom. The van der Waals surface area contributed by atoms with Crippen LogP contribution < -0.4 is 10.9 Å². The van der Waals surface area contributed by atoms with Gasteiger partial charge in [-0.05, 0) is 24.3 Å². The van der Waals surface area contributed by atoms with Crippen LogP contribution in [0.25, 0.3) is 11.3 Å². The molecule has 1 amide bonds. The molecule has 0 saturated heterocycles. The summed E-state index contributed by atoms with van der Waals surface area (Å²) in [5.41, 5.74) is 1.66. The second-order valence-corrected chi connectivity index (χ2v) is 6.37. The van der Waals surface area contributed by atoms with Crippen LogP contribution in [-0.4, -0.2) is 22.2 Å². The second-order valence-electron chi connectivity index (χ2n) is 5.53. The van der Waals surface area contributed by atoms with E-state index >= 15 is 0 Å². The summed E-state index contributed by atoms with van der Waals surface area (Å²) in [5, 5.41) is 7.81. The van der Waals surface area contributed by atoms with Crippen molar-refractivity contribution in [2.45, 2.75) is 6.54 Å². The molecule has 0 bridgehead atoms. The van der Waals surface area contributed by atoms with Crippen molar-refractivity contribution >= 4 is 29.1 Å². The van der Waals surface area contributed by atoms with E-state index in [0.29, 0.717) is 15.7 Å². The minimum atomic E-state index is -0.357. The van der Waals surface area contributed by atoms with Gasteiger partial charge in [0, 0.05) is 23.2 Å². The molecule has 0 saturated carbocycles. The Bertz CT molecular complexity index is 988. The van der Waals surface area contributed by atoms with Crippen LogP contribution in [0.4, 0.5) is 0 Å². The smallest absolute Gasteiger partial charge is 0.266 e. The molecule has 1 N–H and O–H groups in total. The molecule has 0 aliphatic carbocycles. The van der Waals surface area contributed by atoms with Gasteiger partial charge in [-0.2, -0.15) is 5.10 Å². The minimum absolute atomic E-state index is 0.229. The van der Waals surface area contributed by atoms with Crippen molar-refractivity contribution in [3.8, 4) is 11.3 Å². The lowest BCUT2D eigenvalue weighted by atomic mass is 10.1. The SMILES string of the molecule is O=C(NCCn1nc(-c2ccccc2)ccc1=O)c1cc(Cl)ccc1Cl. The van der Waals surface area contributed by atoms with Gasteiger partial charge in [0.05, 0.1) is 22.8 Å². The summed E-state index contributed by atoms with van der Waals surface area (Å²) in [6.07, 6.45) is 0. The molecule has 1 heterocycles. The van der Waals surface area contributed by atoms with Crippen LogP contribution in [0.5, 0.6) is 0 Å². The van der Waals surface area contributed by atoms with E-state index in [4.69, 9.17) is 23.2 Å². The Morgan fingerprint density at radius 1 is 1.04 bits per heavy atom. The largest absolute Gasteiger partial charge is 0.350 e. The third-order valence-electron chi connectivity index (χ3n) is 3.72. The topological polar surface area (TPSA) is 64.0 Å². The number of carbonyl (C=O) groups is 1. The number of hydrogen-bond donors (Lipinski definition) is 1. The van der Waals surface area contributed by atoms with Crippen molar-refractivity contribution in [3.05, 3.63) is 86.6 Å². The van der Waals surface area contributed by atoms with Gasteiger partial charge in [0.1, 0.15) is 0 Å². The second kappa shape index (κ2) is 8.17. The van der Waals surface area contributed by atoms with E-state index in [-0.39, 0.29) is 30.1 Å². The third kappa shape index (κ3) is 4.31. The highest BCUT2D eigenvalue weighted by molar-refractivity contribution is 6.35. The monoisotopic (exact) mass is 387 g/mol. The fraction of sp³-hybridized carbons (Fsp3) is 0.105. The normalized spacial score (nSPS) is 10.5. The molecule has 0 radical (unpaired) electrons.